The fourth-order valence-corrected chi connectivity index (χ4v) is 5.69. The van der Waals surface area contributed by atoms with E-state index in [-0.39, 0.29) is 5.54 Å². The zero-order chi connectivity index (χ0) is 20.2. The van der Waals surface area contributed by atoms with Crippen LogP contribution >= 0.6 is 11.8 Å². The molecular formula is C21H40N4O3S. The molecule has 3 saturated heterocycles. The lowest BCUT2D eigenvalue weighted by Gasteiger charge is -2.42. The smallest absolute Gasteiger partial charge is 0.191 e. The first kappa shape index (κ1) is 23.1. The van der Waals surface area contributed by atoms with Crippen LogP contribution in [-0.4, -0.2) is 100 Å². The highest BCUT2D eigenvalue weighted by molar-refractivity contribution is 7.99. The molecule has 3 rings (SSSR count). The van der Waals surface area contributed by atoms with Gasteiger partial charge in [-0.25, -0.2) is 0 Å². The molecule has 0 amide bonds. The van der Waals surface area contributed by atoms with Crippen molar-refractivity contribution in [3.63, 3.8) is 0 Å². The number of thioether (sulfide) groups is 1. The van der Waals surface area contributed by atoms with Crippen LogP contribution < -0.4 is 10.6 Å². The van der Waals surface area contributed by atoms with Gasteiger partial charge in [-0.3, -0.25) is 9.89 Å². The zero-order valence-corrected chi connectivity index (χ0v) is 18.9. The van der Waals surface area contributed by atoms with Crippen molar-refractivity contribution in [2.45, 2.75) is 38.1 Å². The van der Waals surface area contributed by atoms with Gasteiger partial charge in [0.1, 0.15) is 0 Å². The molecule has 0 aromatic carbocycles. The highest BCUT2D eigenvalue weighted by Gasteiger charge is 2.40. The largest absolute Gasteiger partial charge is 0.381 e. The van der Waals surface area contributed by atoms with E-state index in [0.29, 0.717) is 5.92 Å². The predicted octanol–water partition coefficient (Wildman–Crippen LogP) is 1.58. The van der Waals surface area contributed by atoms with E-state index in [0.717, 1.165) is 97.6 Å². The summed E-state index contributed by atoms with van der Waals surface area (Å²) in [5.74, 6) is 4.02. The first-order valence-corrected chi connectivity index (χ1v) is 12.6. The number of rotatable bonds is 10. The summed E-state index contributed by atoms with van der Waals surface area (Å²) in [6.45, 7) is 12.0. The van der Waals surface area contributed by atoms with Crippen molar-refractivity contribution in [1.29, 1.82) is 0 Å². The van der Waals surface area contributed by atoms with Crippen LogP contribution in [0.3, 0.4) is 0 Å². The van der Waals surface area contributed by atoms with Crippen molar-refractivity contribution in [2.75, 3.05) is 83.9 Å². The van der Waals surface area contributed by atoms with Gasteiger partial charge in [-0.15, -0.1) is 0 Å². The van der Waals surface area contributed by atoms with Gasteiger partial charge in [-0.1, -0.05) is 0 Å². The maximum absolute atomic E-state index is 5.87. The molecule has 0 bridgehead atoms. The third-order valence-electron chi connectivity index (χ3n) is 6.09. The summed E-state index contributed by atoms with van der Waals surface area (Å²) in [5.41, 5.74) is 0.198. The van der Waals surface area contributed by atoms with Crippen molar-refractivity contribution in [3.8, 4) is 0 Å². The van der Waals surface area contributed by atoms with Gasteiger partial charge in [0.15, 0.2) is 5.96 Å². The zero-order valence-electron chi connectivity index (χ0n) is 18.1. The van der Waals surface area contributed by atoms with E-state index >= 15 is 0 Å². The Balaban J connectivity index is 1.39. The number of hydrogen-bond donors (Lipinski definition) is 2. The molecule has 3 aliphatic heterocycles. The van der Waals surface area contributed by atoms with Crippen LogP contribution in [0.15, 0.2) is 4.99 Å². The van der Waals surface area contributed by atoms with Gasteiger partial charge in [-0.05, 0) is 44.3 Å². The minimum atomic E-state index is 0.198. The number of morpholine rings is 1. The van der Waals surface area contributed by atoms with Crippen LogP contribution in [-0.2, 0) is 14.2 Å². The number of hydrogen-bond acceptors (Lipinski definition) is 6. The molecule has 2 N–H and O–H groups in total. The Labute approximate surface area is 180 Å². The van der Waals surface area contributed by atoms with Crippen molar-refractivity contribution >= 4 is 17.7 Å². The Kier molecular flexibility index (Phi) is 10.4. The molecule has 168 valence electrons. The van der Waals surface area contributed by atoms with E-state index in [2.05, 4.69) is 34.2 Å². The monoisotopic (exact) mass is 428 g/mol. The Morgan fingerprint density at radius 3 is 2.69 bits per heavy atom. The number of aliphatic imine (C=N–C) groups is 1. The van der Waals surface area contributed by atoms with E-state index in [1.165, 1.54) is 17.9 Å². The third-order valence-corrected chi connectivity index (χ3v) is 7.33. The van der Waals surface area contributed by atoms with Gasteiger partial charge >= 0.3 is 0 Å². The molecule has 8 heteroatoms. The summed E-state index contributed by atoms with van der Waals surface area (Å²) >= 11 is 2.06. The van der Waals surface area contributed by atoms with E-state index in [4.69, 9.17) is 19.2 Å². The maximum atomic E-state index is 5.87. The Hall–Kier alpha value is -0.540. The Morgan fingerprint density at radius 1 is 1.17 bits per heavy atom. The van der Waals surface area contributed by atoms with Crippen LogP contribution in [0.1, 0.15) is 32.6 Å². The molecule has 0 aromatic heterocycles. The molecule has 0 saturated carbocycles. The molecule has 1 atom stereocenters. The number of nitrogens with one attached hydrogen (secondary N) is 2. The summed E-state index contributed by atoms with van der Waals surface area (Å²) in [5, 5.41) is 6.90. The molecule has 29 heavy (non-hydrogen) atoms. The van der Waals surface area contributed by atoms with Gasteiger partial charge < -0.3 is 24.8 Å². The van der Waals surface area contributed by atoms with Crippen LogP contribution in [0.25, 0.3) is 0 Å². The molecule has 1 unspecified atom stereocenters. The lowest BCUT2D eigenvalue weighted by atomic mass is 9.96. The molecule has 0 radical (unpaired) electrons. The number of ether oxygens (including phenoxy) is 3. The minimum Gasteiger partial charge on any atom is -0.381 e. The maximum Gasteiger partial charge on any atom is 0.191 e. The van der Waals surface area contributed by atoms with Crippen LogP contribution in [0.2, 0.25) is 0 Å². The van der Waals surface area contributed by atoms with E-state index in [1.54, 1.807) is 0 Å². The molecule has 3 heterocycles. The van der Waals surface area contributed by atoms with Crippen LogP contribution in [0.5, 0.6) is 0 Å². The first-order valence-electron chi connectivity index (χ1n) is 11.4. The standard InChI is InChI=1S/C21H40N4O3S/c1-2-22-20(23-7-3-10-28-16-19-4-11-26-12-5-19)24-17-21(6-15-29-18-21)25-8-13-27-14-9-25/h19H,2-18H2,1H3,(H2,22,23,24). The molecule has 3 fully saturated rings. The molecule has 3 aliphatic rings. The van der Waals surface area contributed by atoms with Crippen molar-refractivity contribution < 1.29 is 14.2 Å². The highest BCUT2D eigenvalue weighted by Crippen LogP contribution is 2.34. The van der Waals surface area contributed by atoms with Crippen molar-refractivity contribution in [3.05, 3.63) is 0 Å². The van der Waals surface area contributed by atoms with Crippen LogP contribution in [0.4, 0.5) is 0 Å². The van der Waals surface area contributed by atoms with E-state index < -0.39 is 0 Å². The average molecular weight is 429 g/mol. The second-order valence-corrected chi connectivity index (χ2v) is 9.34. The third kappa shape index (κ3) is 7.58. The highest BCUT2D eigenvalue weighted by atomic mass is 32.2. The molecule has 0 spiro atoms. The quantitative estimate of drug-likeness (QED) is 0.311. The van der Waals surface area contributed by atoms with Crippen molar-refractivity contribution in [1.82, 2.24) is 15.5 Å². The number of guanidine groups is 1. The topological polar surface area (TPSA) is 67.4 Å². The second-order valence-electron chi connectivity index (χ2n) is 8.23. The lowest BCUT2D eigenvalue weighted by molar-refractivity contribution is -0.0104. The summed E-state index contributed by atoms with van der Waals surface area (Å²) in [6, 6.07) is 0. The summed E-state index contributed by atoms with van der Waals surface area (Å²) in [6.07, 6.45) is 4.50. The molecule has 0 aliphatic carbocycles. The minimum absolute atomic E-state index is 0.198. The van der Waals surface area contributed by atoms with Gasteiger partial charge in [-0.2, -0.15) is 11.8 Å². The molecule has 7 nitrogen and oxygen atoms in total. The fraction of sp³-hybridized carbons (Fsp3) is 0.952. The van der Waals surface area contributed by atoms with E-state index in [9.17, 15) is 0 Å². The van der Waals surface area contributed by atoms with Gasteiger partial charge in [0.2, 0.25) is 0 Å². The van der Waals surface area contributed by atoms with Gasteiger partial charge in [0.25, 0.3) is 0 Å². The Morgan fingerprint density at radius 2 is 1.97 bits per heavy atom. The average Bonchev–Trinajstić information content (AvgIpc) is 3.26. The summed E-state index contributed by atoms with van der Waals surface area (Å²) < 4.78 is 16.8. The predicted molar refractivity (Wildman–Crippen MR) is 120 cm³/mol. The normalized spacial score (nSPS) is 27.3. The van der Waals surface area contributed by atoms with Gasteiger partial charge in [0.05, 0.1) is 25.3 Å². The first-order chi connectivity index (χ1) is 14.3. The Bertz CT molecular complexity index is 477. The lowest BCUT2D eigenvalue weighted by Crippen LogP contribution is -2.56. The van der Waals surface area contributed by atoms with Crippen molar-refractivity contribution in [2.24, 2.45) is 10.9 Å². The molecular weight excluding hydrogens is 388 g/mol. The summed E-state index contributed by atoms with van der Waals surface area (Å²) in [4.78, 5) is 7.60. The SMILES string of the molecule is CCNC(=NCC1(N2CCOCC2)CCSC1)NCCCOCC1CCOCC1. The summed E-state index contributed by atoms with van der Waals surface area (Å²) in [7, 11) is 0. The second kappa shape index (κ2) is 13.0. The van der Waals surface area contributed by atoms with Gasteiger partial charge in [0, 0.05) is 58.4 Å². The number of nitrogens with zero attached hydrogens (tertiary/aromatic N) is 2. The fourth-order valence-electron chi connectivity index (χ4n) is 4.22. The molecule has 0 aromatic rings. The van der Waals surface area contributed by atoms with Crippen LogP contribution in [0, 0.1) is 5.92 Å². The van der Waals surface area contributed by atoms with E-state index in [1.807, 2.05) is 0 Å².